The van der Waals surface area contributed by atoms with E-state index >= 15 is 0 Å². The molecular weight excluding hydrogens is 392 g/mol. The summed E-state index contributed by atoms with van der Waals surface area (Å²) in [5.74, 6) is 0.0557. The number of benzene rings is 1. The lowest BCUT2D eigenvalue weighted by molar-refractivity contribution is -0.106. The molecular formula is C21H27FN3O3P. The molecule has 0 amide bonds. The third kappa shape index (κ3) is 4.33. The summed E-state index contributed by atoms with van der Waals surface area (Å²) in [6, 6.07) is 4.46. The Morgan fingerprint density at radius 3 is 2.62 bits per heavy atom. The van der Waals surface area contributed by atoms with Crippen LogP contribution in [0.4, 0.5) is 10.2 Å². The number of hydrogen-bond acceptors (Lipinski definition) is 6. The quantitative estimate of drug-likeness (QED) is 0.644. The Balaban J connectivity index is 0.000000200. The number of rotatable bonds is 2. The fraction of sp³-hybridized carbons (Fsp3) is 0.429. The number of allylic oxidation sites excluding steroid dienone is 1. The van der Waals surface area contributed by atoms with Crippen LogP contribution in [-0.4, -0.2) is 38.5 Å². The van der Waals surface area contributed by atoms with E-state index in [0.29, 0.717) is 16.7 Å². The topological polar surface area (TPSA) is 101 Å². The number of aliphatic hydroxyl groups excluding tert-OH is 1. The van der Waals surface area contributed by atoms with E-state index in [-0.39, 0.29) is 17.8 Å². The second-order valence-electron chi connectivity index (χ2n) is 7.72. The molecule has 1 aliphatic carbocycles. The Morgan fingerprint density at radius 2 is 2.03 bits per heavy atom. The highest BCUT2D eigenvalue weighted by Gasteiger charge is 2.48. The smallest absolute Gasteiger partial charge is 0.134 e. The monoisotopic (exact) mass is 419 g/mol. The van der Waals surface area contributed by atoms with Crippen molar-refractivity contribution in [3.05, 3.63) is 53.2 Å². The van der Waals surface area contributed by atoms with Crippen molar-refractivity contribution in [3.8, 4) is 0 Å². The molecule has 6 unspecified atom stereocenters. The van der Waals surface area contributed by atoms with Crippen LogP contribution in [0.5, 0.6) is 0 Å². The van der Waals surface area contributed by atoms with Crippen LogP contribution in [0, 0.1) is 11.7 Å². The summed E-state index contributed by atoms with van der Waals surface area (Å²) in [4.78, 5) is 7.93. The lowest BCUT2D eigenvalue weighted by Crippen LogP contribution is -2.41. The van der Waals surface area contributed by atoms with Gasteiger partial charge in [-0.1, -0.05) is 25.1 Å². The number of ether oxygens (including phenoxy) is 1. The van der Waals surface area contributed by atoms with Crippen LogP contribution in [0.25, 0.3) is 6.08 Å². The first-order valence-electron chi connectivity index (χ1n) is 9.50. The van der Waals surface area contributed by atoms with Crippen molar-refractivity contribution >= 4 is 26.4 Å². The Labute approximate surface area is 172 Å². The predicted molar refractivity (Wildman–Crippen MR) is 114 cm³/mol. The van der Waals surface area contributed by atoms with Gasteiger partial charge in [0.2, 0.25) is 0 Å². The molecule has 0 saturated carbocycles. The van der Waals surface area contributed by atoms with Crippen molar-refractivity contribution in [1.82, 2.24) is 9.97 Å². The molecule has 4 N–H and O–H groups in total. The van der Waals surface area contributed by atoms with Gasteiger partial charge in [0.15, 0.2) is 0 Å². The van der Waals surface area contributed by atoms with E-state index in [1.165, 1.54) is 12.4 Å². The van der Waals surface area contributed by atoms with Crippen LogP contribution in [0.3, 0.4) is 0 Å². The fourth-order valence-electron chi connectivity index (χ4n) is 3.79. The van der Waals surface area contributed by atoms with E-state index in [9.17, 15) is 14.6 Å². The lowest BCUT2D eigenvalue weighted by atomic mass is 9.82. The number of aromatic nitrogens is 2. The molecule has 0 bridgehead atoms. The predicted octanol–water partition coefficient (Wildman–Crippen LogP) is 1.95. The van der Waals surface area contributed by atoms with Crippen LogP contribution in [0.1, 0.15) is 37.6 Å². The van der Waals surface area contributed by atoms with Crippen LogP contribution in [-0.2, 0) is 16.8 Å². The largest absolute Gasteiger partial charge is 0.390 e. The zero-order valence-electron chi connectivity index (χ0n) is 16.7. The summed E-state index contributed by atoms with van der Waals surface area (Å²) in [5, 5.41) is 21.1. The fourth-order valence-corrected chi connectivity index (χ4v) is 4.07. The maximum Gasteiger partial charge on any atom is 0.134 e. The van der Waals surface area contributed by atoms with Crippen molar-refractivity contribution in [2.45, 2.75) is 51.1 Å². The van der Waals surface area contributed by atoms with Gasteiger partial charge in [-0.15, -0.1) is 9.24 Å². The minimum absolute atomic E-state index is 0.192. The molecule has 1 aromatic carbocycles. The van der Waals surface area contributed by atoms with Gasteiger partial charge in [-0.05, 0) is 31.5 Å². The number of nitrogens with two attached hydrogens (primary N) is 1. The van der Waals surface area contributed by atoms with E-state index in [4.69, 9.17) is 10.5 Å². The average molecular weight is 419 g/mol. The second-order valence-corrected chi connectivity index (χ2v) is 8.34. The molecule has 1 fully saturated rings. The number of nitrogen functional groups attached to an aromatic ring is 1. The Morgan fingerprint density at radius 1 is 1.31 bits per heavy atom. The highest BCUT2D eigenvalue weighted by atomic mass is 31.0. The maximum absolute atomic E-state index is 13.3. The van der Waals surface area contributed by atoms with Gasteiger partial charge in [0.1, 0.15) is 23.6 Å². The van der Waals surface area contributed by atoms with Crippen molar-refractivity contribution in [1.29, 1.82) is 0 Å². The van der Waals surface area contributed by atoms with Gasteiger partial charge in [-0.25, -0.2) is 14.4 Å². The van der Waals surface area contributed by atoms with Gasteiger partial charge in [-0.3, -0.25) is 0 Å². The van der Waals surface area contributed by atoms with Crippen molar-refractivity contribution in [2.24, 2.45) is 5.92 Å². The van der Waals surface area contributed by atoms with Gasteiger partial charge in [0.05, 0.1) is 24.0 Å². The van der Waals surface area contributed by atoms with Crippen LogP contribution in [0.15, 0.2) is 30.6 Å². The molecule has 29 heavy (non-hydrogen) atoms. The zero-order valence-corrected chi connectivity index (χ0v) is 17.9. The molecule has 156 valence electrons. The minimum Gasteiger partial charge on any atom is -0.390 e. The molecule has 0 spiro atoms. The molecule has 0 radical (unpaired) electrons. The Hall–Kier alpha value is -1.92. The normalized spacial score (nSPS) is 27.1. The van der Waals surface area contributed by atoms with E-state index in [0.717, 1.165) is 17.7 Å². The molecule has 2 heterocycles. The molecule has 4 rings (SSSR count). The standard InChI is InChI=1S/C14H20FO3P.C7H7N3/c1-7-12(16)8(2)18-13(7)14(3,17)9-4-5-10(15)11(19)6-9;8-7-5-2-1-3-6(5)9-4-10-7/h4-8,12-13,16-17H,19H2,1-3H3;1-2,4H,3H2,(H2,8,9,10). The highest BCUT2D eigenvalue weighted by Crippen LogP contribution is 2.38. The third-order valence-electron chi connectivity index (χ3n) is 5.59. The summed E-state index contributed by atoms with van der Waals surface area (Å²) in [7, 11) is 2.30. The van der Waals surface area contributed by atoms with E-state index in [1.54, 1.807) is 26.0 Å². The van der Waals surface area contributed by atoms with Gasteiger partial charge in [-0.2, -0.15) is 0 Å². The van der Waals surface area contributed by atoms with Crippen LogP contribution in [0.2, 0.25) is 0 Å². The summed E-state index contributed by atoms with van der Waals surface area (Å²) < 4.78 is 19.0. The first kappa shape index (κ1) is 21.8. The number of aliphatic hydroxyl groups is 2. The summed E-state index contributed by atoms with van der Waals surface area (Å²) in [5.41, 5.74) is 6.90. The number of anilines is 1. The molecule has 6 nitrogen and oxygen atoms in total. The third-order valence-corrected chi connectivity index (χ3v) is 6.03. The Bertz CT molecular complexity index is 922. The first-order chi connectivity index (χ1) is 13.6. The molecule has 8 heteroatoms. The van der Waals surface area contributed by atoms with Crippen molar-refractivity contribution in [2.75, 3.05) is 5.73 Å². The molecule has 6 atom stereocenters. The van der Waals surface area contributed by atoms with E-state index < -0.39 is 17.8 Å². The van der Waals surface area contributed by atoms with Gasteiger partial charge >= 0.3 is 0 Å². The second kappa shape index (κ2) is 8.44. The summed E-state index contributed by atoms with van der Waals surface area (Å²) >= 11 is 0. The lowest BCUT2D eigenvalue weighted by Gasteiger charge is -2.33. The number of halogens is 1. The molecule has 1 saturated heterocycles. The molecule has 2 aromatic rings. The van der Waals surface area contributed by atoms with Crippen LogP contribution >= 0.6 is 9.24 Å². The molecule has 2 aliphatic rings. The Kier molecular flexibility index (Phi) is 6.34. The van der Waals surface area contributed by atoms with Gasteiger partial charge in [0.25, 0.3) is 0 Å². The average Bonchev–Trinajstić information content (AvgIpc) is 3.26. The van der Waals surface area contributed by atoms with E-state index in [2.05, 4.69) is 19.2 Å². The minimum atomic E-state index is -1.27. The molecule has 1 aliphatic heterocycles. The highest BCUT2D eigenvalue weighted by molar-refractivity contribution is 7.27. The maximum atomic E-state index is 13.3. The number of fused-ring (bicyclic) bond motifs is 1. The summed E-state index contributed by atoms with van der Waals surface area (Å²) in [6.45, 7) is 5.26. The number of hydrogen-bond donors (Lipinski definition) is 3. The SMILES string of the molecule is CC1OC(C(C)(O)c2ccc(F)c(P)c2)C(C)C1O.Nc1ncnc2c1C=CC2. The van der Waals surface area contributed by atoms with Gasteiger partial charge in [0, 0.05) is 23.2 Å². The van der Waals surface area contributed by atoms with Gasteiger partial charge < -0.3 is 20.7 Å². The first-order valence-corrected chi connectivity index (χ1v) is 10.1. The van der Waals surface area contributed by atoms with Crippen molar-refractivity contribution < 1.29 is 19.3 Å². The summed E-state index contributed by atoms with van der Waals surface area (Å²) in [6.07, 6.45) is 4.95. The van der Waals surface area contributed by atoms with Crippen LogP contribution < -0.4 is 11.0 Å². The molecule has 1 aromatic heterocycles. The van der Waals surface area contributed by atoms with E-state index in [1.807, 2.05) is 19.1 Å². The number of nitrogens with zero attached hydrogens (tertiary/aromatic N) is 2. The van der Waals surface area contributed by atoms with Crippen molar-refractivity contribution in [3.63, 3.8) is 0 Å². The zero-order chi connectivity index (χ0) is 21.3.